The molecule has 1 aromatic carbocycles. The van der Waals surface area contributed by atoms with Crippen LogP contribution in [-0.4, -0.2) is 51.9 Å². The largest absolute Gasteiger partial charge is 0.389 e. The highest BCUT2D eigenvalue weighted by atomic mass is 32.1. The first kappa shape index (κ1) is 21.9. The van der Waals surface area contributed by atoms with E-state index in [2.05, 4.69) is 48.5 Å². The highest BCUT2D eigenvalue weighted by Gasteiger charge is 2.31. The lowest BCUT2D eigenvalue weighted by Crippen LogP contribution is -2.37. The van der Waals surface area contributed by atoms with Crippen LogP contribution in [0, 0.1) is 13.8 Å². The average molecular weight is 440 g/mol. The van der Waals surface area contributed by atoms with Gasteiger partial charge in [0.1, 0.15) is 10.7 Å². The molecule has 1 fully saturated rings. The molecule has 1 saturated carbocycles. The van der Waals surface area contributed by atoms with Gasteiger partial charge in [0.25, 0.3) is 5.56 Å². The summed E-state index contributed by atoms with van der Waals surface area (Å²) in [7, 11) is 0. The summed E-state index contributed by atoms with van der Waals surface area (Å²) >= 11 is 1.50. The fourth-order valence-electron chi connectivity index (χ4n) is 3.97. The number of nitrogens with zero attached hydrogens (tertiary/aromatic N) is 2. The van der Waals surface area contributed by atoms with E-state index in [9.17, 15) is 9.90 Å². The van der Waals surface area contributed by atoms with E-state index in [1.165, 1.54) is 16.9 Å². The Morgan fingerprint density at radius 2 is 2.19 bits per heavy atom. The monoisotopic (exact) mass is 439 g/mol. The number of rotatable bonds is 10. The first-order valence-electron chi connectivity index (χ1n) is 10.6. The molecule has 3 aromatic rings. The average Bonchev–Trinajstić information content (AvgIpc) is 3.48. The molecule has 0 aliphatic heterocycles. The Balaban J connectivity index is 1.56. The van der Waals surface area contributed by atoms with E-state index in [4.69, 9.17) is 9.72 Å². The summed E-state index contributed by atoms with van der Waals surface area (Å²) in [5.41, 5.74) is 4.25. The number of aliphatic hydroxyl groups excluding tert-OH is 1. The molecule has 2 heterocycles. The number of nitrogens with one attached hydrogen (secondary N) is 1. The number of hydrogen-bond donors (Lipinski definition) is 2. The van der Waals surface area contributed by atoms with Crippen LogP contribution < -0.4 is 5.56 Å². The van der Waals surface area contributed by atoms with Gasteiger partial charge in [-0.15, -0.1) is 17.9 Å². The zero-order valence-electron chi connectivity index (χ0n) is 18.1. The van der Waals surface area contributed by atoms with Gasteiger partial charge in [0.2, 0.25) is 0 Å². The number of thiophene rings is 1. The highest BCUT2D eigenvalue weighted by Crippen LogP contribution is 2.33. The van der Waals surface area contributed by atoms with Crippen LogP contribution in [0.3, 0.4) is 0 Å². The summed E-state index contributed by atoms with van der Waals surface area (Å²) in [6.45, 7) is 9.44. The summed E-state index contributed by atoms with van der Waals surface area (Å²) in [5, 5.41) is 13.0. The Morgan fingerprint density at radius 3 is 2.90 bits per heavy atom. The lowest BCUT2D eigenvalue weighted by atomic mass is 9.99. The number of aliphatic hydroxyl groups is 1. The van der Waals surface area contributed by atoms with Gasteiger partial charge in [0.05, 0.1) is 31.2 Å². The molecule has 1 aliphatic rings. The molecule has 2 aromatic heterocycles. The molecule has 1 aliphatic carbocycles. The number of H-pyrrole nitrogens is 1. The lowest BCUT2D eigenvalue weighted by Gasteiger charge is -2.24. The topological polar surface area (TPSA) is 78.5 Å². The first-order valence-corrected chi connectivity index (χ1v) is 11.5. The molecule has 4 rings (SSSR count). The molecule has 7 heteroatoms. The maximum atomic E-state index is 13.0. The Kier molecular flexibility index (Phi) is 6.67. The van der Waals surface area contributed by atoms with Crippen molar-refractivity contribution in [2.45, 2.75) is 45.4 Å². The molecular weight excluding hydrogens is 410 g/mol. The third-order valence-corrected chi connectivity index (χ3v) is 6.44. The maximum Gasteiger partial charge on any atom is 0.260 e. The molecule has 0 bridgehead atoms. The van der Waals surface area contributed by atoms with Crippen LogP contribution in [0.4, 0.5) is 0 Å². The smallest absolute Gasteiger partial charge is 0.260 e. The van der Waals surface area contributed by atoms with Crippen molar-refractivity contribution < 1.29 is 9.84 Å². The minimum absolute atomic E-state index is 0.109. The van der Waals surface area contributed by atoms with E-state index in [-0.39, 0.29) is 12.2 Å². The van der Waals surface area contributed by atoms with Crippen LogP contribution in [-0.2, 0) is 11.3 Å². The number of benzene rings is 1. The fraction of sp³-hybridized carbons (Fsp3) is 0.417. The van der Waals surface area contributed by atoms with Crippen molar-refractivity contribution in [3.8, 4) is 11.1 Å². The molecule has 31 heavy (non-hydrogen) atoms. The number of fused-ring (bicyclic) bond motifs is 1. The van der Waals surface area contributed by atoms with Crippen molar-refractivity contribution in [3.05, 3.63) is 63.5 Å². The highest BCUT2D eigenvalue weighted by molar-refractivity contribution is 7.17. The fourth-order valence-corrected chi connectivity index (χ4v) is 4.93. The Bertz CT molecular complexity index is 1130. The van der Waals surface area contributed by atoms with Crippen LogP contribution in [0.2, 0.25) is 0 Å². The molecule has 0 amide bonds. The standard InChI is InChI=1S/C24H29N3O3S/c1-4-9-30-13-18(28)11-27(17-6-7-17)12-21-25-23(29)22-20(14-31-24(22)26-21)19-8-5-15(2)10-16(19)3/h4-5,8,10,14,17-18,28H,1,6-7,9,11-13H2,2-3H3,(H,25,26,29). The van der Waals surface area contributed by atoms with Crippen LogP contribution in [0.1, 0.15) is 29.8 Å². The van der Waals surface area contributed by atoms with Gasteiger partial charge in [-0.05, 0) is 37.8 Å². The summed E-state index contributed by atoms with van der Waals surface area (Å²) in [6.07, 6.45) is 3.28. The summed E-state index contributed by atoms with van der Waals surface area (Å²) in [4.78, 5) is 23.7. The molecule has 1 atom stereocenters. The van der Waals surface area contributed by atoms with Crippen molar-refractivity contribution in [1.82, 2.24) is 14.9 Å². The quantitative estimate of drug-likeness (QED) is 0.371. The Hall–Kier alpha value is -2.32. The van der Waals surface area contributed by atoms with E-state index in [1.54, 1.807) is 6.08 Å². The van der Waals surface area contributed by atoms with Crippen molar-refractivity contribution >= 4 is 21.6 Å². The number of ether oxygens (including phenoxy) is 1. The maximum absolute atomic E-state index is 13.0. The predicted molar refractivity (Wildman–Crippen MR) is 126 cm³/mol. The summed E-state index contributed by atoms with van der Waals surface area (Å²) in [5.74, 6) is 0.637. The van der Waals surface area contributed by atoms with Crippen LogP contribution in [0.5, 0.6) is 0 Å². The number of aromatic nitrogens is 2. The number of hydrogen-bond acceptors (Lipinski definition) is 6. The summed E-state index contributed by atoms with van der Waals surface area (Å²) < 4.78 is 5.37. The molecular formula is C24H29N3O3S. The second-order valence-corrected chi connectivity index (χ2v) is 9.16. The third kappa shape index (κ3) is 5.13. The predicted octanol–water partition coefficient (Wildman–Crippen LogP) is 3.80. The van der Waals surface area contributed by atoms with Crippen LogP contribution in [0.25, 0.3) is 21.3 Å². The van der Waals surface area contributed by atoms with Gasteiger partial charge in [-0.25, -0.2) is 4.98 Å². The second kappa shape index (κ2) is 9.44. The van der Waals surface area contributed by atoms with Gasteiger partial charge in [-0.1, -0.05) is 29.8 Å². The van der Waals surface area contributed by atoms with Gasteiger partial charge < -0.3 is 14.8 Å². The van der Waals surface area contributed by atoms with Gasteiger partial charge in [0.15, 0.2) is 0 Å². The SMILES string of the molecule is C=CCOCC(O)CN(Cc1nc2scc(-c3ccc(C)cc3C)c2c(=O)[nH]1)C1CC1. The number of aromatic amines is 1. The molecule has 2 N–H and O–H groups in total. The summed E-state index contributed by atoms with van der Waals surface area (Å²) in [6, 6.07) is 6.69. The molecule has 6 nitrogen and oxygen atoms in total. The van der Waals surface area contributed by atoms with E-state index >= 15 is 0 Å². The molecule has 164 valence electrons. The van der Waals surface area contributed by atoms with Gasteiger partial charge in [0, 0.05) is 23.5 Å². The number of aryl methyl sites for hydroxylation is 2. The molecule has 0 radical (unpaired) electrons. The van der Waals surface area contributed by atoms with Crippen LogP contribution in [0.15, 0.2) is 41.0 Å². The van der Waals surface area contributed by atoms with Crippen molar-refractivity contribution in [1.29, 1.82) is 0 Å². The zero-order chi connectivity index (χ0) is 22.0. The van der Waals surface area contributed by atoms with Gasteiger partial charge in [-0.2, -0.15) is 0 Å². The van der Waals surface area contributed by atoms with E-state index in [0.717, 1.165) is 34.4 Å². The zero-order valence-corrected chi connectivity index (χ0v) is 18.9. The molecule has 1 unspecified atom stereocenters. The van der Waals surface area contributed by atoms with Crippen molar-refractivity contribution in [2.75, 3.05) is 19.8 Å². The minimum atomic E-state index is -0.589. The first-order chi connectivity index (χ1) is 15.0. The Labute approximate surface area is 186 Å². The second-order valence-electron chi connectivity index (χ2n) is 8.30. The molecule has 0 saturated heterocycles. The normalized spacial score (nSPS) is 15.0. The van der Waals surface area contributed by atoms with Gasteiger partial charge in [-0.3, -0.25) is 9.69 Å². The van der Waals surface area contributed by atoms with E-state index in [1.807, 2.05) is 5.38 Å². The van der Waals surface area contributed by atoms with E-state index < -0.39 is 6.10 Å². The Morgan fingerprint density at radius 1 is 1.39 bits per heavy atom. The van der Waals surface area contributed by atoms with Crippen molar-refractivity contribution in [2.24, 2.45) is 0 Å². The van der Waals surface area contributed by atoms with Gasteiger partial charge >= 0.3 is 0 Å². The van der Waals surface area contributed by atoms with E-state index in [0.29, 0.717) is 36.9 Å². The van der Waals surface area contributed by atoms with Crippen molar-refractivity contribution in [3.63, 3.8) is 0 Å². The lowest BCUT2D eigenvalue weighted by molar-refractivity contribution is 0.0222. The minimum Gasteiger partial charge on any atom is -0.389 e. The third-order valence-electron chi connectivity index (χ3n) is 5.57. The molecule has 0 spiro atoms. The van der Waals surface area contributed by atoms with Crippen LogP contribution >= 0.6 is 11.3 Å².